The average molecular weight is 232 g/mol. The average Bonchev–Trinajstić information content (AvgIpc) is 2.59. The molecule has 1 aromatic rings. The zero-order chi connectivity index (χ0) is 11.5. The Kier molecular flexibility index (Phi) is 3.01. The molecule has 0 atom stereocenters. The maximum atomic E-state index is 11.4. The minimum absolute atomic E-state index is 0.176. The van der Waals surface area contributed by atoms with Crippen molar-refractivity contribution >= 4 is 29.3 Å². The summed E-state index contributed by atoms with van der Waals surface area (Å²) in [6, 6.07) is 8.08. The molecule has 0 bridgehead atoms. The SMILES string of the molecule is CCc1ccc(/C=C2\NC(=S)NC2=O)cc1. The summed E-state index contributed by atoms with van der Waals surface area (Å²) in [6.07, 6.45) is 2.80. The van der Waals surface area contributed by atoms with Crippen molar-refractivity contribution < 1.29 is 4.79 Å². The number of hydrogen-bond donors (Lipinski definition) is 2. The molecule has 0 spiro atoms. The van der Waals surface area contributed by atoms with Crippen molar-refractivity contribution in [3.8, 4) is 0 Å². The number of thiocarbonyl (C=S) groups is 1. The van der Waals surface area contributed by atoms with Gasteiger partial charge in [0.25, 0.3) is 5.91 Å². The van der Waals surface area contributed by atoms with Crippen LogP contribution in [0.4, 0.5) is 0 Å². The second-order valence-electron chi connectivity index (χ2n) is 3.56. The van der Waals surface area contributed by atoms with Gasteiger partial charge in [-0.1, -0.05) is 31.2 Å². The van der Waals surface area contributed by atoms with Gasteiger partial charge in [0, 0.05) is 0 Å². The van der Waals surface area contributed by atoms with E-state index in [2.05, 4.69) is 29.7 Å². The molecule has 1 aliphatic heterocycles. The number of hydrogen-bond acceptors (Lipinski definition) is 2. The van der Waals surface area contributed by atoms with E-state index in [1.165, 1.54) is 5.56 Å². The molecular weight excluding hydrogens is 220 g/mol. The van der Waals surface area contributed by atoms with Gasteiger partial charge in [0.05, 0.1) is 0 Å². The third-order valence-corrected chi connectivity index (χ3v) is 2.62. The Hall–Kier alpha value is -1.68. The van der Waals surface area contributed by atoms with Crippen molar-refractivity contribution in [3.05, 3.63) is 41.1 Å². The van der Waals surface area contributed by atoms with Gasteiger partial charge in [-0.2, -0.15) is 0 Å². The van der Waals surface area contributed by atoms with Crippen LogP contribution in [-0.4, -0.2) is 11.0 Å². The summed E-state index contributed by atoms with van der Waals surface area (Å²) >= 11 is 4.85. The van der Waals surface area contributed by atoms with E-state index >= 15 is 0 Å². The summed E-state index contributed by atoms with van der Waals surface area (Å²) in [6.45, 7) is 2.11. The second-order valence-corrected chi connectivity index (χ2v) is 3.97. The molecule has 1 fully saturated rings. The normalized spacial score (nSPS) is 17.4. The van der Waals surface area contributed by atoms with Crippen LogP contribution in [0.15, 0.2) is 30.0 Å². The van der Waals surface area contributed by atoms with Crippen molar-refractivity contribution in [3.63, 3.8) is 0 Å². The number of benzene rings is 1. The van der Waals surface area contributed by atoms with Crippen LogP contribution in [-0.2, 0) is 11.2 Å². The first kappa shape index (κ1) is 10.8. The predicted octanol–water partition coefficient (Wildman–Crippen LogP) is 1.59. The summed E-state index contributed by atoms with van der Waals surface area (Å²) in [4.78, 5) is 11.4. The Balaban J connectivity index is 2.22. The van der Waals surface area contributed by atoms with Crippen LogP contribution in [0.3, 0.4) is 0 Å². The lowest BCUT2D eigenvalue weighted by molar-refractivity contribution is -0.115. The molecule has 82 valence electrons. The highest BCUT2D eigenvalue weighted by Gasteiger charge is 2.19. The van der Waals surface area contributed by atoms with E-state index in [0.29, 0.717) is 10.8 Å². The molecule has 4 heteroatoms. The molecule has 1 amide bonds. The third-order valence-electron chi connectivity index (χ3n) is 2.42. The molecule has 0 radical (unpaired) electrons. The van der Waals surface area contributed by atoms with Crippen molar-refractivity contribution in [1.29, 1.82) is 0 Å². The fourth-order valence-corrected chi connectivity index (χ4v) is 1.70. The molecule has 0 unspecified atom stereocenters. The molecule has 2 rings (SSSR count). The fraction of sp³-hybridized carbons (Fsp3) is 0.167. The van der Waals surface area contributed by atoms with Gasteiger partial charge in [0.1, 0.15) is 5.70 Å². The molecule has 3 nitrogen and oxygen atoms in total. The Morgan fingerprint density at radius 3 is 2.44 bits per heavy atom. The summed E-state index contributed by atoms with van der Waals surface area (Å²) in [5.74, 6) is -0.176. The van der Waals surface area contributed by atoms with E-state index in [1.54, 1.807) is 6.08 Å². The Bertz CT molecular complexity index is 462. The van der Waals surface area contributed by atoms with Crippen LogP contribution in [0.25, 0.3) is 6.08 Å². The lowest BCUT2D eigenvalue weighted by Gasteiger charge is -1.98. The predicted molar refractivity (Wildman–Crippen MR) is 67.7 cm³/mol. The monoisotopic (exact) mass is 232 g/mol. The molecule has 1 aliphatic rings. The van der Waals surface area contributed by atoms with Crippen molar-refractivity contribution in [2.24, 2.45) is 0 Å². The molecule has 1 heterocycles. The standard InChI is InChI=1S/C12H12N2OS/c1-2-8-3-5-9(6-4-8)7-10-11(15)14-12(16)13-10/h3-7H,2H2,1H3,(H2,13,14,15,16)/b10-7-. The van der Waals surface area contributed by atoms with Gasteiger partial charge < -0.3 is 5.32 Å². The van der Waals surface area contributed by atoms with Gasteiger partial charge in [-0.25, -0.2) is 0 Å². The van der Waals surface area contributed by atoms with E-state index in [1.807, 2.05) is 12.1 Å². The molecule has 1 saturated heterocycles. The van der Waals surface area contributed by atoms with Gasteiger partial charge >= 0.3 is 0 Å². The Morgan fingerprint density at radius 1 is 1.25 bits per heavy atom. The van der Waals surface area contributed by atoms with E-state index in [4.69, 9.17) is 12.2 Å². The Morgan fingerprint density at radius 2 is 1.94 bits per heavy atom. The summed E-state index contributed by atoms with van der Waals surface area (Å²) in [5, 5.41) is 5.70. The van der Waals surface area contributed by atoms with Gasteiger partial charge in [0.2, 0.25) is 0 Å². The van der Waals surface area contributed by atoms with Crippen LogP contribution in [0.1, 0.15) is 18.1 Å². The summed E-state index contributed by atoms with van der Waals surface area (Å²) in [7, 11) is 0. The molecule has 1 aromatic carbocycles. The van der Waals surface area contributed by atoms with Gasteiger partial charge in [-0.05, 0) is 35.8 Å². The number of rotatable bonds is 2. The zero-order valence-electron chi connectivity index (χ0n) is 8.91. The maximum absolute atomic E-state index is 11.4. The maximum Gasteiger partial charge on any atom is 0.273 e. The number of carbonyl (C=O) groups excluding carboxylic acids is 1. The fourth-order valence-electron chi connectivity index (χ4n) is 1.50. The molecule has 2 N–H and O–H groups in total. The molecule has 0 aromatic heterocycles. The summed E-state index contributed by atoms with van der Waals surface area (Å²) < 4.78 is 0. The van der Waals surface area contributed by atoms with Crippen LogP contribution >= 0.6 is 12.2 Å². The van der Waals surface area contributed by atoms with Crippen LogP contribution < -0.4 is 10.6 Å². The lowest BCUT2D eigenvalue weighted by atomic mass is 10.1. The van der Waals surface area contributed by atoms with Crippen LogP contribution in [0.5, 0.6) is 0 Å². The summed E-state index contributed by atoms with van der Waals surface area (Å²) in [5.41, 5.74) is 2.76. The van der Waals surface area contributed by atoms with E-state index in [0.717, 1.165) is 12.0 Å². The van der Waals surface area contributed by atoms with E-state index in [9.17, 15) is 4.79 Å². The van der Waals surface area contributed by atoms with Gasteiger partial charge in [-0.3, -0.25) is 10.1 Å². The Labute approximate surface area is 99.5 Å². The zero-order valence-corrected chi connectivity index (χ0v) is 9.73. The van der Waals surface area contributed by atoms with Crippen molar-refractivity contribution in [2.75, 3.05) is 0 Å². The number of carbonyl (C=O) groups is 1. The molecule has 16 heavy (non-hydrogen) atoms. The lowest BCUT2D eigenvalue weighted by Crippen LogP contribution is -2.21. The first-order valence-electron chi connectivity index (χ1n) is 5.12. The van der Waals surface area contributed by atoms with Crippen molar-refractivity contribution in [1.82, 2.24) is 10.6 Å². The highest BCUT2D eigenvalue weighted by Crippen LogP contribution is 2.10. The number of nitrogens with one attached hydrogen (secondary N) is 2. The largest absolute Gasteiger partial charge is 0.328 e. The van der Waals surface area contributed by atoms with Crippen LogP contribution in [0, 0.1) is 0 Å². The highest BCUT2D eigenvalue weighted by molar-refractivity contribution is 7.80. The van der Waals surface area contributed by atoms with E-state index in [-0.39, 0.29) is 5.91 Å². The van der Waals surface area contributed by atoms with Crippen LogP contribution in [0.2, 0.25) is 0 Å². The first-order chi connectivity index (χ1) is 7.69. The smallest absolute Gasteiger partial charge is 0.273 e. The second kappa shape index (κ2) is 4.45. The van der Waals surface area contributed by atoms with Gasteiger partial charge in [-0.15, -0.1) is 0 Å². The molecule has 0 saturated carbocycles. The van der Waals surface area contributed by atoms with Gasteiger partial charge in [0.15, 0.2) is 5.11 Å². The van der Waals surface area contributed by atoms with Crippen molar-refractivity contribution in [2.45, 2.75) is 13.3 Å². The number of aryl methyl sites for hydroxylation is 1. The third kappa shape index (κ3) is 2.28. The van der Waals surface area contributed by atoms with E-state index < -0.39 is 0 Å². The highest BCUT2D eigenvalue weighted by atomic mass is 32.1. The minimum Gasteiger partial charge on any atom is -0.328 e. The minimum atomic E-state index is -0.176. The first-order valence-corrected chi connectivity index (χ1v) is 5.53. The molecular formula is C12H12N2OS. The quantitative estimate of drug-likeness (QED) is 0.601. The topological polar surface area (TPSA) is 41.1 Å². The molecule has 0 aliphatic carbocycles. The number of amides is 1.